The van der Waals surface area contributed by atoms with Gasteiger partial charge in [0.05, 0.1) is 11.6 Å². The van der Waals surface area contributed by atoms with E-state index in [1.807, 2.05) is 6.07 Å². The van der Waals surface area contributed by atoms with E-state index in [4.69, 9.17) is 5.26 Å². The summed E-state index contributed by atoms with van der Waals surface area (Å²) in [6.07, 6.45) is -2.22. The summed E-state index contributed by atoms with van der Waals surface area (Å²) in [6, 6.07) is 9.41. The molecule has 1 aliphatic rings. The Morgan fingerprint density at radius 1 is 1.35 bits per heavy atom. The van der Waals surface area contributed by atoms with E-state index in [0.717, 1.165) is 18.9 Å². The Balaban J connectivity index is 1.56. The third-order valence-corrected chi connectivity index (χ3v) is 4.18. The molecule has 0 saturated heterocycles. The van der Waals surface area contributed by atoms with Gasteiger partial charge in [0.2, 0.25) is 0 Å². The Labute approximate surface area is 148 Å². The smallest absolute Gasteiger partial charge is 0.352 e. The van der Waals surface area contributed by atoms with E-state index in [9.17, 15) is 18.0 Å². The Bertz CT molecular complexity index is 847. The Kier molecular flexibility index (Phi) is 4.98. The number of hydrogen-bond acceptors (Lipinski definition) is 3. The van der Waals surface area contributed by atoms with Crippen LogP contribution in [0.25, 0.3) is 0 Å². The summed E-state index contributed by atoms with van der Waals surface area (Å²) in [4.78, 5) is 12.1. The molecule has 2 aromatic rings. The minimum Gasteiger partial charge on any atom is -0.352 e. The number of benzene rings is 1. The van der Waals surface area contributed by atoms with Gasteiger partial charge in [0.1, 0.15) is 0 Å². The van der Waals surface area contributed by atoms with Crippen LogP contribution in [0, 0.1) is 11.3 Å². The predicted octanol–water partition coefficient (Wildman–Crippen LogP) is 3.47. The van der Waals surface area contributed by atoms with Crippen molar-refractivity contribution in [3.63, 3.8) is 0 Å². The Morgan fingerprint density at radius 2 is 2.12 bits per heavy atom. The minimum absolute atomic E-state index is 0.155. The number of nitrogens with zero attached hydrogens (tertiary/aromatic N) is 3. The standard InChI is InChI=1S/C18H17F3N4O/c19-18(20,21)16-10-15(13-5-6-13)25(24-16)8-2-7-23-17(26)14-4-1-3-12(9-14)11-22/h1,3-4,9-10,13H,2,5-8H2,(H,23,26). The average molecular weight is 362 g/mol. The van der Waals surface area contributed by atoms with Crippen molar-refractivity contribution in [2.24, 2.45) is 0 Å². The van der Waals surface area contributed by atoms with Crippen LogP contribution in [0.1, 0.15) is 52.5 Å². The molecule has 1 fully saturated rings. The number of rotatable bonds is 6. The molecule has 0 aliphatic heterocycles. The van der Waals surface area contributed by atoms with E-state index in [1.165, 1.54) is 10.7 Å². The van der Waals surface area contributed by atoms with Crippen molar-refractivity contribution >= 4 is 5.91 Å². The zero-order valence-electron chi connectivity index (χ0n) is 13.9. The highest BCUT2D eigenvalue weighted by Gasteiger charge is 2.37. The number of aryl methyl sites for hydroxylation is 1. The molecule has 1 N–H and O–H groups in total. The lowest BCUT2D eigenvalue weighted by Crippen LogP contribution is -2.25. The second-order valence-corrected chi connectivity index (χ2v) is 6.25. The number of amides is 1. The Morgan fingerprint density at radius 3 is 2.77 bits per heavy atom. The molecule has 1 aromatic carbocycles. The highest BCUT2D eigenvalue weighted by molar-refractivity contribution is 5.94. The summed E-state index contributed by atoms with van der Waals surface area (Å²) in [5.74, 6) is -0.164. The molecule has 0 bridgehead atoms. The van der Waals surface area contributed by atoms with Crippen molar-refractivity contribution in [2.75, 3.05) is 6.54 Å². The number of alkyl halides is 3. The third kappa shape index (κ3) is 4.23. The summed E-state index contributed by atoms with van der Waals surface area (Å²) >= 11 is 0. The Hall–Kier alpha value is -2.82. The van der Waals surface area contributed by atoms with Crippen LogP contribution in [-0.2, 0) is 12.7 Å². The fourth-order valence-electron chi connectivity index (χ4n) is 2.72. The minimum atomic E-state index is -4.45. The number of hydrogen-bond donors (Lipinski definition) is 1. The third-order valence-electron chi connectivity index (χ3n) is 4.18. The number of halogens is 3. The normalized spacial score (nSPS) is 14.1. The van der Waals surface area contributed by atoms with E-state index >= 15 is 0 Å². The second-order valence-electron chi connectivity index (χ2n) is 6.25. The van der Waals surface area contributed by atoms with Gasteiger partial charge in [-0.2, -0.15) is 23.5 Å². The molecule has 1 heterocycles. The monoisotopic (exact) mass is 362 g/mol. The van der Waals surface area contributed by atoms with Gasteiger partial charge in [0, 0.05) is 30.3 Å². The first kappa shape index (κ1) is 18.0. The number of carbonyl (C=O) groups is 1. The molecule has 8 heteroatoms. The summed E-state index contributed by atoms with van der Waals surface area (Å²) < 4.78 is 40.0. The van der Waals surface area contributed by atoms with Gasteiger partial charge in [-0.1, -0.05) is 6.07 Å². The molecule has 1 saturated carbocycles. The lowest BCUT2D eigenvalue weighted by Gasteiger charge is -2.08. The fourth-order valence-corrected chi connectivity index (χ4v) is 2.72. The fraction of sp³-hybridized carbons (Fsp3) is 0.389. The summed E-state index contributed by atoms with van der Waals surface area (Å²) in [7, 11) is 0. The van der Waals surface area contributed by atoms with Crippen molar-refractivity contribution < 1.29 is 18.0 Å². The molecule has 0 unspecified atom stereocenters. The van der Waals surface area contributed by atoms with Crippen LogP contribution in [-0.4, -0.2) is 22.2 Å². The largest absolute Gasteiger partial charge is 0.435 e. The predicted molar refractivity (Wildman–Crippen MR) is 87.3 cm³/mol. The van der Waals surface area contributed by atoms with Crippen LogP contribution in [0.3, 0.4) is 0 Å². The van der Waals surface area contributed by atoms with Gasteiger partial charge in [-0.25, -0.2) is 0 Å². The van der Waals surface area contributed by atoms with E-state index in [-0.39, 0.29) is 11.8 Å². The maximum atomic E-state index is 12.9. The maximum Gasteiger partial charge on any atom is 0.435 e. The van der Waals surface area contributed by atoms with Crippen LogP contribution >= 0.6 is 0 Å². The number of nitriles is 1. The van der Waals surface area contributed by atoms with Gasteiger partial charge in [-0.3, -0.25) is 9.48 Å². The molecule has 1 amide bonds. The molecule has 1 aliphatic carbocycles. The summed E-state index contributed by atoms with van der Waals surface area (Å²) in [5, 5.41) is 15.2. The van der Waals surface area contributed by atoms with E-state index in [0.29, 0.717) is 36.3 Å². The van der Waals surface area contributed by atoms with E-state index in [2.05, 4.69) is 10.4 Å². The highest BCUT2D eigenvalue weighted by atomic mass is 19.4. The lowest BCUT2D eigenvalue weighted by molar-refractivity contribution is -0.141. The molecule has 26 heavy (non-hydrogen) atoms. The average Bonchev–Trinajstić information content (AvgIpc) is 3.37. The van der Waals surface area contributed by atoms with Crippen molar-refractivity contribution in [1.82, 2.24) is 15.1 Å². The zero-order valence-corrected chi connectivity index (χ0v) is 13.9. The van der Waals surface area contributed by atoms with Gasteiger partial charge in [-0.05, 0) is 43.5 Å². The van der Waals surface area contributed by atoms with Crippen LogP contribution in [0.15, 0.2) is 30.3 Å². The first-order valence-electron chi connectivity index (χ1n) is 8.32. The highest BCUT2D eigenvalue weighted by Crippen LogP contribution is 2.42. The van der Waals surface area contributed by atoms with Crippen LogP contribution in [0.5, 0.6) is 0 Å². The molecule has 3 rings (SSSR count). The second kappa shape index (κ2) is 7.20. The van der Waals surface area contributed by atoms with Crippen molar-refractivity contribution in [1.29, 1.82) is 5.26 Å². The number of carbonyl (C=O) groups excluding carboxylic acids is 1. The van der Waals surface area contributed by atoms with Gasteiger partial charge in [0.25, 0.3) is 5.91 Å². The molecule has 0 atom stereocenters. The van der Waals surface area contributed by atoms with Gasteiger partial charge >= 0.3 is 6.18 Å². The first-order chi connectivity index (χ1) is 12.4. The van der Waals surface area contributed by atoms with Crippen molar-refractivity contribution in [3.8, 4) is 6.07 Å². The molecular weight excluding hydrogens is 345 g/mol. The van der Waals surface area contributed by atoms with Gasteiger partial charge in [0.15, 0.2) is 5.69 Å². The molecule has 136 valence electrons. The zero-order chi connectivity index (χ0) is 18.7. The SMILES string of the molecule is N#Cc1cccc(C(=O)NCCCn2nc(C(F)(F)F)cc2C2CC2)c1. The lowest BCUT2D eigenvalue weighted by atomic mass is 10.1. The van der Waals surface area contributed by atoms with E-state index in [1.54, 1.807) is 18.2 Å². The van der Waals surface area contributed by atoms with Crippen molar-refractivity contribution in [3.05, 3.63) is 52.8 Å². The quantitative estimate of drug-likeness (QED) is 0.800. The van der Waals surface area contributed by atoms with Crippen LogP contribution in [0.2, 0.25) is 0 Å². The summed E-state index contributed by atoms with van der Waals surface area (Å²) in [5.41, 5.74) is 0.520. The molecule has 1 aromatic heterocycles. The topological polar surface area (TPSA) is 70.7 Å². The van der Waals surface area contributed by atoms with Crippen LogP contribution < -0.4 is 5.32 Å². The molecule has 0 spiro atoms. The van der Waals surface area contributed by atoms with Gasteiger partial charge < -0.3 is 5.32 Å². The van der Waals surface area contributed by atoms with Crippen molar-refractivity contribution in [2.45, 2.75) is 37.9 Å². The summed E-state index contributed by atoms with van der Waals surface area (Å²) in [6.45, 7) is 0.612. The van der Waals surface area contributed by atoms with E-state index < -0.39 is 11.9 Å². The molecule has 0 radical (unpaired) electrons. The molecule has 5 nitrogen and oxygen atoms in total. The number of aromatic nitrogens is 2. The van der Waals surface area contributed by atoms with Gasteiger partial charge in [-0.15, -0.1) is 0 Å². The molecular formula is C18H17F3N4O. The first-order valence-corrected chi connectivity index (χ1v) is 8.32. The number of nitrogens with one attached hydrogen (secondary N) is 1. The van der Waals surface area contributed by atoms with Crippen LogP contribution in [0.4, 0.5) is 13.2 Å². The maximum absolute atomic E-state index is 12.9.